The molecule has 2 heteroatoms. The number of aliphatic hydroxyl groups is 1. The van der Waals surface area contributed by atoms with Crippen LogP contribution in [0.4, 0.5) is 0 Å². The molecule has 0 amide bonds. The maximum atomic E-state index is 11.3. The third-order valence-electron chi connectivity index (χ3n) is 3.85. The molecule has 0 saturated heterocycles. The van der Waals surface area contributed by atoms with Crippen LogP contribution in [0.1, 0.15) is 40.0 Å². The van der Waals surface area contributed by atoms with Crippen LogP contribution in [0.25, 0.3) is 0 Å². The molecule has 0 heterocycles. The van der Waals surface area contributed by atoms with Gasteiger partial charge in [0, 0.05) is 12.5 Å². The van der Waals surface area contributed by atoms with E-state index in [9.17, 15) is 4.79 Å². The molecule has 14 heavy (non-hydrogen) atoms. The zero-order valence-corrected chi connectivity index (χ0v) is 9.49. The average Bonchev–Trinajstić information content (AvgIpc) is 2.17. The minimum atomic E-state index is 0.250. The topological polar surface area (TPSA) is 37.3 Å². The van der Waals surface area contributed by atoms with Gasteiger partial charge in [0.1, 0.15) is 5.78 Å². The molecule has 1 rings (SSSR count). The van der Waals surface area contributed by atoms with Crippen molar-refractivity contribution in [2.24, 2.45) is 23.7 Å². The standard InChI is InChI=1S/C12H22O2/c1-8-4-5-11(10(3)14)6-12(8)9(2)7-13/h8-9,11-13H,4-7H2,1-3H3. The molecule has 0 spiro atoms. The predicted molar refractivity (Wildman–Crippen MR) is 56.9 cm³/mol. The van der Waals surface area contributed by atoms with E-state index < -0.39 is 0 Å². The summed E-state index contributed by atoms with van der Waals surface area (Å²) >= 11 is 0. The number of aliphatic hydroxyl groups excluding tert-OH is 1. The molecule has 0 aromatic carbocycles. The molecule has 1 fully saturated rings. The van der Waals surface area contributed by atoms with Gasteiger partial charge in [-0.05, 0) is 43.9 Å². The van der Waals surface area contributed by atoms with E-state index in [-0.39, 0.29) is 12.5 Å². The summed E-state index contributed by atoms with van der Waals surface area (Å²) in [6.45, 7) is 6.28. The Morgan fingerprint density at radius 3 is 2.64 bits per heavy atom. The molecule has 0 aliphatic heterocycles. The lowest BCUT2D eigenvalue weighted by Crippen LogP contribution is -2.32. The first-order chi connectivity index (χ1) is 6.56. The Hall–Kier alpha value is -0.370. The fourth-order valence-corrected chi connectivity index (χ4v) is 2.65. The van der Waals surface area contributed by atoms with Crippen molar-refractivity contribution in [1.82, 2.24) is 0 Å². The van der Waals surface area contributed by atoms with Crippen molar-refractivity contribution in [2.75, 3.05) is 6.61 Å². The van der Waals surface area contributed by atoms with Gasteiger partial charge in [-0.1, -0.05) is 13.8 Å². The van der Waals surface area contributed by atoms with Gasteiger partial charge in [0.25, 0.3) is 0 Å². The third kappa shape index (κ3) is 2.57. The molecule has 2 nitrogen and oxygen atoms in total. The summed E-state index contributed by atoms with van der Waals surface area (Å²) < 4.78 is 0. The van der Waals surface area contributed by atoms with Crippen molar-refractivity contribution in [3.63, 3.8) is 0 Å². The molecule has 0 aromatic heterocycles. The van der Waals surface area contributed by atoms with Crippen molar-refractivity contribution in [3.05, 3.63) is 0 Å². The van der Waals surface area contributed by atoms with Crippen LogP contribution in [-0.4, -0.2) is 17.5 Å². The Morgan fingerprint density at radius 1 is 1.50 bits per heavy atom. The molecular weight excluding hydrogens is 176 g/mol. The third-order valence-corrected chi connectivity index (χ3v) is 3.85. The van der Waals surface area contributed by atoms with Crippen LogP contribution in [0.15, 0.2) is 0 Å². The number of carbonyl (C=O) groups is 1. The Labute approximate surface area is 86.7 Å². The molecule has 0 bridgehead atoms. The second-order valence-corrected chi connectivity index (χ2v) is 4.92. The maximum Gasteiger partial charge on any atom is 0.132 e. The van der Waals surface area contributed by atoms with Gasteiger partial charge < -0.3 is 5.11 Å². The Balaban J connectivity index is 2.59. The minimum Gasteiger partial charge on any atom is -0.396 e. The van der Waals surface area contributed by atoms with Crippen molar-refractivity contribution >= 4 is 5.78 Å². The van der Waals surface area contributed by atoms with Crippen LogP contribution in [-0.2, 0) is 4.79 Å². The summed E-state index contributed by atoms with van der Waals surface area (Å²) in [6.07, 6.45) is 3.17. The highest BCUT2D eigenvalue weighted by atomic mass is 16.3. The van der Waals surface area contributed by atoms with Crippen LogP contribution >= 0.6 is 0 Å². The average molecular weight is 198 g/mol. The van der Waals surface area contributed by atoms with Gasteiger partial charge >= 0.3 is 0 Å². The van der Waals surface area contributed by atoms with E-state index >= 15 is 0 Å². The predicted octanol–water partition coefficient (Wildman–Crippen LogP) is 2.26. The van der Waals surface area contributed by atoms with Gasteiger partial charge in [-0.3, -0.25) is 4.79 Å². The van der Waals surface area contributed by atoms with Crippen LogP contribution in [0, 0.1) is 23.7 Å². The fraction of sp³-hybridized carbons (Fsp3) is 0.917. The highest BCUT2D eigenvalue weighted by molar-refractivity contribution is 5.78. The molecule has 4 unspecified atom stereocenters. The van der Waals surface area contributed by atoms with Crippen molar-refractivity contribution in [3.8, 4) is 0 Å². The molecule has 1 aliphatic rings. The highest BCUT2D eigenvalue weighted by Gasteiger charge is 2.32. The molecular formula is C12H22O2. The SMILES string of the molecule is CC(=O)C1CCC(C)C(C(C)CO)C1. The summed E-state index contributed by atoms with van der Waals surface area (Å²) in [5, 5.41) is 9.14. The molecule has 0 radical (unpaired) electrons. The second-order valence-electron chi connectivity index (χ2n) is 4.92. The van der Waals surface area contributed by atoms with Gasteiger partial charge in [-0.2, -0.15) is 0 Å². The van der Waals surface area contributed by atoms with E-state index in [0.29, 0.717) is 23.5 Å². The smallest absolute Gasteiger partial charge is 0.132 e. The van der Waals surface area contributed by atoms with Crippen LogP contribution in [0.5, 0.6) is 0 Å². The summed E-state index contributed by atoms with van der Waals surface area (Å²) in [5.74, 6) is 2.11. The van der Waals surface area contributed by atoms with Gasteiger partial charge in [0.2, 0.25) is 0 Å². The lowest BCUT2D eigenvalue weighted by Gasteiger charge is -2.36. The van der Waals surface area contributed by atoms with Crippen LogP contribution in [0.2, 0.25) is 0 Å². The second kappa shape index (κ2) is 4.92. The van der Waals surface area contributed by atoms with Crippen molar-refractivity contribution in [1.29, 1.82) is 0 Å². The van der Waals surface area contributed by atoms with Gasteiger partial charge in [-0.25, -0.2) is 0 Å². The summed E-state index contributed by atoms with van der Waals surface area (Å²) in [6, 6.07) is 0. The van der Waals surface area contributed by atoms with Crippen LogP contribution in [0.3, 0.4) is 0 Å². The van der Waals surface area contributed by atoms with E-state index in [1.54, 1.807) is 6.92 Å². The lowest BCUT2D eigenvalue weighted by molar-refractivity contribution is -0.123. The zero-order valence-electron chi connectivity index (χ0n) is 9.49. The number of hydrogen-bond acceptors (Lipinski definition) is 2. The molecule has 82 valence electrons. The maximum absolute atomic E-state index is 11.3. The number of hydrogen-bond donors (Lipinski definition) is 1. The van der Waals surface area contributed by atoms with E-state index in [1.807, 2.05) is 0 Å². The van der Waals surface area contributed by atoms with E-state index in [0.717, 1.165) is 19.3 Å². The fourth-order valence-electron chi connectivity index (χ4n) is 2.65. The minimum absolute atomic E-state index is 0.250. The van der Waals surface area contributed by atoms with E-state index in [2.05, 4.69) is 13.8 Å². The normalized spacial score (nSPS) is 35.3. The summed E-state index contributed by atoms with van der Waals surface area (Å²) in [5.41, 5.74) is 0. The molecule has 1 saturated carbocycles. The van der Waals surface area contributed by atoms with Gasteiger partial charge in [0.05, 0.1) is 0 Å². The number of ketones is 1. The van der Waals surface area contributed by atoms with Gasteiger partial charge in [0.15, 0.2) is 0 Å². The number of carbonyl (C=O) groups excluding carboxylic acids is 1. The lowest BCUT2D eigenvalue weighted by atomic mass is 9.69. The molecule has 0 aromatic rings. The summed E-state index contributed by atoms with van der Waals surface area (Å²) in [4.78, 5) is 11.3. The number of rotatable bonds is 3. The zero-order chi connectivity index (χ0) is 10.7. The first-order valence-corrected chi connectivity index (χ1v) is 5.67. The molecule has 4 atom stereocenters. The Kier molecular flexibility index (Phi) is 4.11. The van der Waals surface area contributed by atoms with Crippen molar-refractivity contribution < 1.29 is 9.90 Å². The van der Waals surface area contributed by atoms with E-state index in [1.165, 1.54) is 0 Å². The Bertz CT molecular complexity index is 196. The monoisotopic (exact) mass is 198 g/mol. The first-order valence-electron chi connectivity index (χ1n) is 5.67. The quantitative estimate of drug-likeness (QED) is 0.755. The molecule has 1 aliphatic carbocycles. The highest BCUT2D eigenvalue weighted by Crippen LogP contribution is 2.38. The number of Topliss-reactive ketones (excluding diaryl/α,β-unsaturated/α-hetero) is 1. The van der Waals surface area contributed by atoms with Crippen LogP contribution < -0.4 is 0 Å². The Morgan fingerprint density at radius 2 is 2.14 bits per heavy atom. The van der Waals surface area contributed by atoms with Crippen molar-refractivity contribution in [2.45, 2.75) is 40.0 Å². The molecule has 1 N–H and O–H groups in total. The first kappa shape index (κ1) is 11.7. The largest absolute Gasteiger partial charge is 0.396 e. The van der Waals surface area contributed by atoms with E-state index in [4.69, 9.17) is 5.11 Å². The van der Waals surface area contributed by atoms with Gasteiger partial charge in [-0.15, -0.1) is 0 Å². The summed E-state index contributed by atoms with van der Waals surface area (Å²) in [7, 11) is 0.